The molecule has 0 saturated heterocycles. The summed E-state index contributed by atoms with van der Waals surface area (Å²) in [6.07, 6.45) is 1.99. The van der Waals surface area contributed by atoms with Gasteiger partial charge in [-0.15, -0.1) is 0 Å². The summed E-state index contributed by atoms with van der Waals surface area (Å²) in [5.41, 5.74) is 0. The molecule has 2 rings (SSSR count). The minimum atomic E-state index is -0.153. The third kappa shape index (κ3) is 0.345. The van der Waals surface area contributed by atoms with E-state index in [4.69, 9.17) is 0 Å². The van der Waals surface area contributed by atoms with E-state index < -0.39 is 0 Å². The summed E-state index contributed by atoms with van der Waals surface area (Å²) in [4.78, 5) is 9.89. The van der Waals surface area contributed by atoms with Gasteiger partial charge in [-0.25, -0.2) is 0 Å². The summed E-state index contributed by atoms with van der Waals surface area (Å²) in [6.45, 7) is 0. The SMILES string of the molecule is O=[N+]([O-])C1CC2CC21. The van der Waals surface area contributed by atoms with Crippen molar-refractivity contribution in [2.75, 3.05) is 0 Å². The van der Waals surface area contributed by atoms with E-state index in [1.54, 1.807) is 0 Å². The first kappa shape index (κ1) is 4.30. The van der Waals surface area contributed by atoms with E-state index in [-0.39, 0.29) is 11.0 Å². The predicted molar refractivity (Wildman–Crippen MR) is 27.0 cm³/mol. The van der Waals surface area contributed by atoms with Crippen molar-refractivity contribution in [1.29, 1.82) is 0 Å². The zero-order valence-electron chi connectivity index (χ0n) is 4.41. The number of hydrogen-bond donors (Lipinski definition) is 0. The van der Waals surface area contributed by atoms with Gasteiger partial charge in [0, 0.05) is 17.3 Å². The molecule has 3 atom stereocenters. The largest absolute Gasteiger partial charge is 0.264 e. The third-order valence-corrected chi connectivity index (χ3v) is 2.29. The van der Waals surface area contributed by atoms with Gasteiger partial charge >= 0.3 is 0 Å². The standard InChI is InChI=1S/C5H7NO2/c7-6(8)5-2-3-1-4(3)5/h3-5H,1-2H2. The average Bonchev–Trinajstić information content (AvgIpc) is 2.13. The van der Waals surface area contributed by atoms with Gasteiger partial charge in [-0.3, -0.25) is 10.1 Å². The highest BCUT2D eigenvalue weighted by molar-refractivity contribution is 5.03. The second-order valence-electron chi connectivity index (χ2n) is 2.75. The fourth-order valence-electron chi connectivity index (χ4n) is 1.54. The number of nitro groups is 1. The Balaban J connectivity index is 2.01. The van der Waals surface area contributed by atoms with Crippen molar-refractivity contribution in [3.05, 3.63) is 10.1 Å². The number of nitrogens with zero attached hydrogens (tertiary/aromatic N) is 1. The van der Waals surface area contributed by atoms with Gasteiger partial charge in [0.25, 0.3) is 0 Å². The number of rotatable bonds is 1. The summed E-state index contributed by atoms with van der Waals surface area (Å²) in [5, 5.41) is 10.0. The van der Waals surface area contributed by atoms with Gasteiger partial charge in [0.05, 0.1) is 0 Å². The van der Waals surface area contributed by atoms with Crippen LogP contribution in [0.15, 0.2) is 0 Å². The van der Waals surface area contributed by atoms with Crippen molar-refractivity contribution < 1.29 is 4.92 Å². The quantitative estimate of drug-likeness (QED) is 0.370. The Labute approximate surface area is 46.8 Å². The van der Waals surface area contributed by atoms with Gasteiger partial charge in [0.1, 0.15) is 0 Å². The Kier molecular flexibility index (Phi) is 0.558. The van der Waals surface area contributed by atoms with Crippen LogP contribution in [0.5, 0.6) is 0 Å². The van der Waals surface area contributed by atoms with Crippen LogP contribution in [-0.2, 0) is 0 Å². The summed E-state index contributed by atoms with van der Waals surface area (Å²) in [5.74, 6) is 1.25. The fraction of sp³-hybridized carbons (Fsp3) is 1.00. The molecule has 3 heteroatoms. The first-order valence-corrected chi connectivity index (χ1v) is 2.92. The molecule has 0 aliphatic heterocycles. The third-order valence-electron chi connectivity index (χ3n) is 2.29. The van der Waals surface area contributed by atoms with Crippen LogP contribution in [0.2, 0.25) is 0 Å². The van der Waals surface area contributed by atoms with Crippen LogP contribution in [0.1, 0.15) is 12.8 Å². The Morgan fingerprint density at radius 2 is 2.25 bits per heavy atom. The van der Waals surface area contributed by atoms with Crippen molar-refractivity contribution in [2.45, 2.75) is 18.9 Å². The Hall–Kier alpha value is -0.600. The molecule has 3 unspecified atom stereocenters. The second kappa shape index (κ2) is 1.04. The van der Waals surface area contributed by atoms with Gasteiger partial charge < -0.3 is 0 Å². The van der Waals surface area contributed by atoms with E-state index in [2.05, 4.69) is 0 Å². The molecule has 0 spiro atoms. The van der Waals surface area contributed by atoms with Crippen molar-refractivity contribution in [1.82, 2.24) is 0 Å². The zero-order chi connectivity index (χ0) is 5.72. The lowest BCUT2D eigenvalue weighted by Gasteiger charge is -2.14. The average molecular weight is 113 g/mol. The molecule has 2 aliphatic rings. The summed E-state index contributed by atoms with van der Waals surface area (Å²) < 4.78 is 0. The minimum Gasteiger partial charge on any atom is -0.264 e. The lowest BCUT2D eigenvalue weighted by atomic mass is 9.94. The van der Waals surface area contributed by atoms with Crippen LogP contribution in [0.3, 0.4) is 0 Å². The highest BCUT2D eigenvalue weighted by Gasteiger charge is 2.60. The molecule has 0 aromatic rings. The van der Waals surface area contributed by atoms with Crippen LogP contribution in [-0.4, -0.2) is 11.0 Å². The van der Waals surface area contributed by atoms with Crippen LogP contribution in [0.4, 0.5) is 0 Å². The van der Waals surface area contributed by atoms with Gasteiger partial charge in [0.15, 0.2) is 0 Å². The van der Waals surface area contributed by atoms with Crippen molar-refractivity contribution >= 4 is 0 Å². The van der Waals surface area contributed by atoms with E-state index in [0.29, 0.717) is 5.92 Å². The van der Waals surface area contributed by atoms with Gasteiger partial charge in [-0.1, -0.05) is 0 Å². The lowest BCUT2D eigenvalue weighted by Crippen LogP contribution is -2.30. The van der Waals surface area contributed by atoms with Crippen LogP contribution >= 0.6 is 0 Å². The Morgan fingerprint density at radius 1 is 1.50 bits per heavy atom. The first-order valence-electron chi connectivity index (χ1n) is 2.92. The van der Waals surface area contributed by atoms with Crippen molar-refractivity contribution in [3.63, 3.8) is 0 Å². The van der Waals surface area contributed by atoms with Crippen LogP contribution < -0.4 is 0 Å². The number of hydrogen-bond acceptors (Lipinski definition) is 2. The van der Waals surface area contributed by atoms with E-state index >= 15 is 0 Å². The summed E-state index contributed by atoms with van der Waals surface area (Å²) >= 11 is 0. The molecule has 0 bridgehead atoms. The van der Waals surface area contributed by atoms with E-state index in [1.165, 1.54) is 0 Å². The second-order valence-corrected chi connectivity index (χ2v) is 2.75. The predicted octanol–water partition coefficient (Wildman–Crippen LogP) is 0.671. The maximum absolute atomic E-state index is 10.0. The molecule has 3 nitrogen and oxygen atoms in total. The van der Waals surface area contributed by atoms with Crippen molar-refractivity contribution in [2.24, 2.45) is 11.8 Å². The topological polar surface area (TPSA) is 43.1 Å². The van der Waals surface area contributed by atoms with Gasteiger partial charge in [0.2, 0.25) is 6.04 Å². The molecule has 2 aliphatic carbocycles. The van der Waals surface area contributed by atoms with E-state index in [9.17, 15) is 10.1 Å². The molecule has 0 heterocycles. The fourth-order valence-corrected chi connectivity index (χ4v) is 1.54. The van der Waals surface area contributed by atoms with E-state index in [1.807, 2.05) is 0 Å². The molecule has 0 amide bonds. The molecule has 8 heavy (non-hydrogen) atoms. The summed E-state index contributed by atoms with van der Waals surface area (Å²) in [6, 6.07) is -0.153. The van der Waals surface area contributed by atoms with Gasteiger partial charge in [-0.05, 0) is 12.3 Å². The molecule has 0 aromatic carbocycles. The smallest absolute Gasteiger partial charge is 0.216 e. The van der Waals surface area contributed by atoms with E-state index in [0.717, 1.165) is 18.8 Å². The molecule has 0 N–H and O–H groups in total. The Bertz CT molecular complexity index is 145. The highest BCUT2D eigenvalue weighted by atomic mass is 16.6. The Morgan fingerprint density at radius 3 is 2.38 bits per heavy atom. The first-order chi connectivity index (χ1) is 3.79. The molecular formula is C5H7NO2. The maximum atomic E-state index is 10.0. The van der Waals surface area contributed by atoms with Crippen LogP contribution in [0.25, 0.3) is 0 Å². The van der Waals surface area contributed by atoms with Crippen LogP contribution in [0, 0.1) is 22.0 Å². The lowest BCUT2D eigenvalue weighted by molar-refractivity contribution is -0.539. The van der Waals surface area contributed by atoms with Gasteiger partial charge in [-0.2, -0.15) is 0 Å². The highest BCUT2D eigenvalue weighted by Crippen LogP contribution is 2.56. The molecule has 2 saturated carbocycles. The molecule has 0 radical (unpaired) electrons. The molecular weight excluding hydrogens is 106 g/mol. The van der Waals surface area contributed by atoms with Crippen molar-refractivity contribution in [3.8, 4) is 0 Å². The normalized spacial score (nSPS) is 49.2. The summed E-state index contributed by atoms with van der Waals surface area (Å²) in [7, 11) is 0. The number of fused-ring (bicyclic) bond motifs is 1. The zero-order valence-corrected chi connectivity index (χ0v) is 4.41. The molecule has 2 fully saturated rings. The minimum absolute atomic E-state index is 0.131. The monoisotopic (exact) mass is 113 g/mol. The maximum Gasteiger partial charge on any atom is 0.216 e. The molecule has 0 aromatic heterocycles. The molecule has 44 valence electrons.